The molecule has 1 rings (SSSR count). The van der Waals surface area contributed by atoms with Gasteiger partial charge in [-0.2, -0.15) is 0 Å². The first-order valence-corrected chi connectivity index (χ1v) is 7.60. The van der Waals surface area contributed by atoms with Gasteiger partial charge in [-0.1, -0.05) is 27.7 Å². The second-order valence-corrected chi connectivity index (χ2v) is 6.99. The van der Waals surface area contributed by atoms with Crippen molar-refractivity contribution < 1.29 is 9.31 Å². The SMILES string of the molecule is CCNC(Cc1cc(F)c(I)cc1[N+](=O)[O-])C(C)(C)C. The van der Waals surface area contributed by atoms with Crippen molar-refractivity contribution in [1.82, 2.24) is 5.32 Å². The van der Waals surface area contributed by atoms with Crippen LogP contribution in [0.4, 0.5) is 10.1 Å². The van der Waals surface area contributed by atoms with Crippen LogP contribution in [-0.2, 0) is 6.42 Å². The predicted molar refractivity (Wildman–Crippen MR) is 86.4 cm³/mol. The average Bonchev–Trinajstić information content (AvgIpc) is 2.31. The van der Waals surface area contributed by atoms with E-state index in [1.807, 2.05) is 6.92 Å². The lowest BCUT2D eigenvalue weighted by molar-refractivity contribution is -0.385. The van der Waals surface area contributed by atoms with E-state index in [0.717, 1.165) is 6.54 Å². The summed E-state index contributed by atoms with van der Waals surface area (Å²) in [5.74, 6) is -0.407. The number of nitrogens with one attached hydrogen (secondary N) is 1. The summed E-state index contributed by atoms with van der Waals surface area (Å²) in [6, 6.07) is 2.64. The van der Waals surface area contributed by atoms with E-state index in [2.05, 4.69) is 26.1 Å². The van der Waals surface area contributed by atoms with Crippen molar-refractivity contribution in [3.63, 3.8) is 0 Å². The van der Waals surface area contributed by atoms with Gasteiger partial charge >= 0.3 is 0 Å². The lowest BCUT2D eigenvalue weighted by Crippen LogP contribution is -2.42. The van der Waals surface area contributed by atoms with Crippen LogP contribution in [0.15, 0.2) is 12.1 Å². The number of likely N-dealkylation sites (N-methyl/N-ethyl adjacent to an activating group) is 1. The van der Waals surface area contributed by atoms with Crippen LogP contribution in [0.3, 0.4) is 0 Å². The summed E-state index contributed by atoms with van der Waals surface area (Å²) >= 11 is 1.77. The molecule has 0 spiro atoms. The van der Waals surface area contributed by atoms with Crippen molar-refractivity contribution in [3.8, 4) is 0 Å². The molecule has 0 aromatic heterocycles. The van der Waals surface area contributed by atoms with Crippen molar-refractivity contribution >= 4 is 28.3 Å². The zero-order valence-corrected chi connectivity index (χ0v) is 14.3. The van der Waals surface area contributed by atoms with E-state index < -0.39 is 10.7 Å². The quantitative estimate of drug-likeness (QED) is 0.468. The van der Waals surface area contributed by atoms with Gasteiger partial charge in [0.15, 0.2) is 0 Å². The van der Waals surface area contributed by atoms with E-state index >= 15 is 0 Å². The first-order valence-electron chi connectivity index (χ1n) is 6.52. The van der Waals surface area contributed by atoms with Gasteiger partial charge in [0.1, 0.15) is 5.82 Å². The maximum Gasteiger partial charge on any atom is 0.273 e. The average molecular weight is 394 g/mol. The van der Waals surface area contributed by atoms with Crippen LogP contribution in [0.25, 0.3) is 0 Å². The summed E-state index contributed by atoms with van der Waals surface area (Å²) in [7, 11) is 0. The van der Waals surface area contributed by atoms with Crippen LogP contribution in [-0.4, -0.2) is 17.5 Å². The molecule has 1 aromatic rings. The summed E-state index contributed by atoms with van der Waals surface area (Å²) in [4.78, 5) is 10.7. The van der Waals surface area contributed by atoms with Gasteiger partial charge in [-0.15, -0.1) is 0 Å². The Labute approximate surface area is 132 Å². The normalized spacial score (nSPS) is 13.3. The Bertz CT molecular complexity index is 501. The highest BCUT2D eigenvalue weighted by Gasteiger charge is 2.27. The maximum absolute atomic E-state index is 13.7. The lowest BCUT2D eigenvalue weighted by atomic mass is 9.82. The summed E-state index contributed by atoms with van der Waals surface area (Å²) in [5.41, 5.74) is 0.361. The van der Waals surface area contributed by atoms with Gasteiger partial charge in [0, 0.05) is 17.7 Å². The van der Waals surface area contributed by atoms with E-state index in [-0.39, 0.29) is 20.7 Å². The van der Waals surface area contributed by atoms with Gasteiger partial charge in [0.2, 0.25) is 0 Å². The first-order chi connectivity index (χ1) is 9.16. The molecule has 1 N–H and O–H groups in total. The number of nitro groups is 1. The number of hydrogen-bond acceptors (Lipinski definition) is 3. The molecule has 20 heavy (non-hydrogen) atoms. The molecule has 0 radical (unpaired) electrons. The van der Waals surface area contributed by atoms with Gasteiger partial charge in [0.25, 0.3) is 5.69 Å². The number of nitrogens with zero attached hydrogens (tertiary/aromatic N) is 1. The summed E-state index contributed by atoms with van der Waals surface area (Å²) in [6.45, 7) is 8.95. The molecule has 1 atom stereocenters. The Morgan fingerprint density at radius 3 is 2.50 bits per heavy atom. The molecule has 1 aromatic carbocycles. The second kappa shape index (κ2) is 6.80. The molecule has 0 amide bonds. The molecule has 0 aliphatic rings. The van der Waals surface area contributed by atoms with Crippen LogP contribution in [0.2, 0.25) is 0 Å². The molecule has 0 aliphatic heterocycles. The monoisotopic (exact) mass is 394 g/mol. The highest BCUT2D eigenvalue weighted by Crippen LogP contribution is 2.29. The van der Waals surface area contributed by atoms with Crippen LogP contribution in [0.1, 0.15) is 33.3 Å². The maximum atomic E-state index is 13.7. The zero-order valence-electron chi connectivity index (χ0n) is 12.2. The highest BCUT2D eigenvalue weighted by molar-refractivity contribution is 14.1. The van der Waals surface area contributed by atoms with E-state index in [1.165, 1.54) is 12.1 Å². The first kappa shape index (κ1) is 17.3. The second-order valence-electron chi connectivity index (χ2n) is 5.83. The molecule has 6 heteroatoms. The van der Waals surface area contributed by atoms with Crippen molar-refractivity contribution in [2.75, 3.05) is 6.54 Å². The van der Waals surface area contributed by atoms with Crippen molar-refractivity contribution in [1.29, 1.82) is 0 Å². The van der Waals surface area contributed by atoms with Gasteiger partial charge in [-0.3, -0.25) is 10.1 Å². The Hall–Kier alpha value is -0.760. The lowest BCUT2D eigenvalue weighted by Gasteiger charge is -2.31. The minimum Gasteiger partial charge on any atom is -0.313 e. The largest absolute Gasteiger partial charge is 0.313 e. The topological polar surface area (TPSA) is 55.2 Å². The molecule has 1 unspecified atom stereocenters. The molecule has 0 saturated carbocycles. The molecule has 0 aliphatic carbocycles. The Morgan fingerprint density at radius 1 is 1.45 bits per heavy atom. The van der Waals surface area contributed by atoms with Crippen LogP contribution >= 0.6 is 22.6 Å². The molecule has 112 valence electrons. The molecule has 4 nitrogen and oxygen atoms in total. The third-order valence-corrected chi connectivity index (χ3v) is 4.06. The smallest absolute Gasteiger partial charge is 0.273 e. The van der Waals surface area contributed by atoms with Crippen LogP contribution < -0.4 is 5.32 Å². The molecular formula is C14H20FIN2O2. The molecule has 0 heterocycles. The van der Waals surface area contributed by atoms with E-state index in [1.54, 1.807) is 22.6 Å². The number of halogens is 2. The van der Waals surface area contributed by atoms with E-state index in [9.17, 15) is 14.5 Å². The fourth-order valence-corrected chi connectivity index (χ4v) is 2.51. The molecule has 0 saturated heterocycles. The number of hydrogen-bond donors (Lipinski definition) is 1. The van der Waals surface area contributed by atoms with Gasteiger partial charge in [-0.05, 0) is 47.0 Å². The fraction of sp³-hybridized carbons (Fsp3) is 0.571. The van der Waals surface area contributed by atoms with Crippen LogP contribution in [0.5, 0.6) is 0 Å². The molecular weight excluding hydrogens is 374 g/mol. The van der Waals surface area contributed by atoms with Gasteiger partial charge in [0.05, 0.1) is 8.49 Å². The minimum absolute atomic E-state index is 0.0112. The molecule has 0 bridgehead atoms. The zero-order chi connectivity index (χ0) is 15.5. The van der Waals surface area contributed by atoms with Gasteiger partial charge < -0.3 is 5.32 Å². The summed E-state index contributed by atoms with van der Waals surface area (Å²) in [6.07, 6.45) is 0.432. The molecule has 0 fully saturated rings. The minimum atomic E-state index is -0.442. The Morgan fingerprint density at radius 2 is 2.05 bits per heavy atom. The number of nitro benzene ring substituents is 1. The van der Waals surface area contributed by atoms with Crippen LogP contribution in [0, 0.1) is 24.9 Å². The highest BCUT2D eigenvalue weighted by atomic mass is 127. The third kappa shape index (κ3) is 4.37. The van der Waals surface area contributed by atoms with Crippen molar-refractivity contribution in [2.24, 2.45) is 5.41 Å². The summed E-state index contributed by atoms with van der Waals surface area (Å²) in [5, 5.41) is 14.5. The van der Waals surface area contributed by atoms with Crippen molar-refractivity contribution in [3.05, 3.63) is 37.2 Å². The van der Waals surface area contributed by atoms with E-state index in [0.29, 0.717) is 12.0 Å². The number of benzene rings is 1. The van der Waals surface area contributed by atoms with E-state index in [4.69, 9.17) is 0 Å². The van der Waals surface area contributed by atoms with Crippen molar-refractivity contribution in [2.45, 2.75) is 40.2 Å². The summed E-state index contributed by atoms with van der Waals surface area (Å²) < 4.78 is 14.0. The number of rotatable bonds is 5. The fourth-order valence-electron chi connectivity index (χ4n) is 2.06. The van der Waals surface area contributed by atoms with Gasteiger partial charge in [-0.25, -0.2) is 4.39 Å². The Balaban J connectivity index is 3.18. The predicted octanol–water partition coefficient (Wildman–Crippen LogP) is 3.91. The third-order valence-electron chi connectivity index (χ3n) is 3.24. The Kier molecular flexibility index (Phi) is 5.88. The standard InChI is InChI=1S/C14H20FIN2O2/c1-5-17-13(14(2,3)4)7-9-6-10(15)11(16)8-12(9)18(19)20/h6,8,13,17H,5,7H2,1-4H3.